The summed E-state index contributed by atoms with van der Waals surface area (Å²) < 4.78 is 5.26. The number of nitrogens with zero attached hydrogens (tertiary/aromatic N) is 1. The second-order valence-corrected chi connectivity index (χ2v) is 5.26. The highest BCUT2D eigenvalue weighted by molar-refractivity contribution is 5.92. The molecule has 106 valence electrons. The van der Waals surface area contributed by atoms with Crippen molar-refractivity contribution in [3.63, 3.8) is 0 Å². The molecule has 3 rings (SSSR count). The molecule has 2 N–H and O–H groups in total. The van der Waals surface area contributed by atoms with Gasteiger partial charge in [-0.25, -0.2) is 4.98 Å². The van der Waals surface area contributed by atoms with Crippen molar-refractivity contribution in [2.24, 2.45) is 0 Å². The number of nitrogens with one attached hydrogen (secondary N) is 2. The Hall–Kier alpha value is -1.81. The van der Waals surface area contributed by atoms with Gasteiger partial charge in [-0.05, 0) is 55.5 Å². The molecule has 1 aliphatic rings. The lowest BCUT2D eigenvalue weighted by atomic mass is 10.1. The molecule has 0 radical (unpaired) electrons. The molecule has 1 aliphatic heterocycles. The van der Waals surface area contributed by atoms with Crippen molar-refractivity contribution >= 4 is 16.6 Å². The van der Waals surface area contributed by atoms with Crippen LogP contribution in [-0.4, -0.2) is 31.2 Å². The second-order valence-electron chi connectivity index (χ2n) is 5.26. The molecule has 1 atom stereocenters. The molecule has 0 saturated carbocycles. The number of benzene rings is 1. The van der Waals surface area contributed by atoms with Crippen LogP contribution < -0.4 is 15.4 Å². The van der Waals surface area contributed by atoms with Gasteiger partial charge in [0.1, 0.15) is 11.6 Å². The predicted octanol–water partition coefficient (Wildman–Crippen LogP) is 2.80. The van der Waals surface area contributed by atoms with E-state index in [-0.39, 0.29) is 0 Å². The summed E-state index contributed by atoms with van der Waals surface area (Å²) in [7, 11) is 1.69. The lowest BCUT2D eigenvalue weighted by Crippen LogP contribution is -2.24. The van der Waals surface area contributed by atoms with E-state index < -0.39 is 0 Å². The first kappa shape index (κ1) is 13.2. The maximum atomic E-state index is 5.26. The highest BCUT2D eigenvalue weighted by Crippen LogP contribution is 2.25. The van der Waals surface area contributed by atoms with E-state index in [1.54, 1.807) is 7.11 Å². The van der Waals surface area contributed by atoms with Gasteiger partial charge in [0, 0.05) is 24.2 Å². The third-order valence-corrected chi connectivity index (χ3v) is 3.92. The Morgan fingerprint density at radius 1 is 1.40 bits per heavy atom. The summed E-state index contributed by atoms with van der Waals surface area (Å²) >= 11 is 0. The van der Waals surface area contributed by atoms with E-state index >= 15 is 0 Å². The van der Waals surface area contributed by atoms with Crippen LogP contribution in [0, 0.1) is 0 Å². The Labute approximate surface area is 119 Å². The van der Waals surface area contributed by atoms with E-state index in [1.807, 2.05) is 24.4 Å². The quantitative estimate of drug-likeness (QED) is 0.878. The minimum Gasteiger partial charge on any atom is -0.497 e. The van der Waals surface area contributed by atoms with Crippen LogP contribution in [-0.2, 0) is 0 Å². The van der Waals surface area contributed by atoms with Crippen molar-refractivity contribution < 1.29 is 4.74 Å². The van der Waals surface area contributed by atoms with Crippen LogP contribution in [0.15, 0.2) is 30.5 Å². The summed E-state index contributed by atoms with van der Waals surface area (Å²) in [5.74, 6) is 1.84. The van der Waals surface area contributed by atoms with E-state index in [0.29, 0.717) is 6.04 Å². The zero-order valence-electron chi connectivity index (χ0n) is 11.9. The normalized spacial score (nSPS) is 18.4. The number of hydrogen-bond donors (Lipinski definition) is 2. The maximum absolute atomic E-state index is 5.26. The summed E-state index contributed by atoms with van der Waals surface area (Å²) in [6, 6.07) is 8.77. The number of anilines is 1. The fourth-order valence-corrected chi connectivity index (χ4v) is 2.79. The van der Waals surface area contributed by atoms with Crippen molar-refractivity contribution in [2.45, 2.75) is 25.3 Å². The third-order valence-electron chi connectivity index (χ3n) is 3.92. The third kappa shape index (κ3) is 2.85. The predicted molar refractivity (Wildman–Crippen MR) is 82.4 cm³/mol. The van der Waals surface area contributed by atoms with Crippen LogP contribution >= 0.6 is 0 Å². The molecule has 2 aromatic rings. The van der Waals surface area contributed by atoms with Gasteiger partial charge >= 0.3 is 0 Å². The molecule has 4 heteroatoms. The van der Waals surface area contributed by atoms with Crippen molar-refractivity contribution in [1.29, 1.82) is 0 Å². The van der Waals surface area contributed by atoms with E-state index in [4.69, 9.17) is 4.74 Å². The van der Waals surface area contributed by atoms with Gasteiger partial charge in [-0.15, -0.1) is 0 Å². The van der Waals surface area contributed by atoms with E-state index in [9.17, 15) is 0 Å². The second kappa shape index (κ2) is 6.09. The average molecular weight is 271 g/mol. The average Bonchev–Trinajstić information content (AvgIpc) is 3.00. The van der Waals surface area contributed by atoms with Crippen LogP contribution in [0.5, 0.6) is 5.75 Å². The van der Waals surface area contributed by atoms with Gasteiger partial charge in [0.2, 0.25) is 0 Å². The molecule has 20 heavy (non-hydrogen) atoms. The SMILES string of the molecule is COc1ccc2c(NCCC3CCCN3)nccc2c1. The van der Waals surface area contributed by atoms with Crippen LogP contribution in [0.4, 0.5) is 5.82 Å². The van der Waals surface area contributed by atoms with Gasteiger partial charge < -0.3 is 15.4 Å². The Bertz CT molecular complexity index is 579. The Balaban J connectivity index is 1.70. The van der Waals surface area contributed by atoms with E-state index in [0.717, 1.165) is 41.9 Å². The highest BCUT2D eigenvalue weighted by Gasteiger charge is 2.13. The van der Waals surface area contributed by atoms with Crippen LogP contribution in [0.2, 0.25) is 0 Å². The first-order chi connectivity index (χ1) is 9.86. The molecule has 1 unspecified atom stereocenters. The summed E-state index contributed by atoms with van der Waals surface area (Å²) in [5, 5.41) is 9.28. The summed E-state index contributed by atoms with van der Waals surface area (Å²) in [6.07, 6.45) is 5.59. The molecule has 0 aliphatic carbocycles. The summed E-state index contributed by atoms with van der Waals surface area (Å²) in [6.45, 7) is 2.12. The molecule has 0 spiro atoms. The van der Waals surface area contributed by atoms with Crippen molar-refractivity contribution in [3.05, 3.63) is 30.5 Å². The fourth-order valence-electron chi connectivity index (χ4n) is 2.79. The largest absolute Gasteiger partial charge is 0.497 e. The van der Waals surface area contributed by atoms with Crippen LogP contribution in [0.3, 0.4) is 0 Å². The molecular weight excluding hydrogens is 250 g/mol. The van der Waals surface area contributed by atoms with Gasteiger partial charge in [0.15, 0.2) is 0 Å². The summed E-state index contributed by atoms with van der Waals surface area (Å²) in [4.78, 5) is 4.45. The zero-order valence-corrected chi connectivity index (χ0v) is 11.9. The van der Waals surface area contributed by atoms with Crippen LogP contribution in [0.25, 0.3) is 10.8 Å². The Morgan fingerprint density at radius 2 is 2.35 bits per heavy atom. The van der Waals surface area contributed by atoms with Crippen molar-refractivity contribution in [2.75, 3.05) is 25.5 Å². The molecule has 0 amide bonds. The maximum Gasteiger partial charge on any atom is 0.133 e. The molecule has 1 saturated heterocycles. The van der Waals surface area contributed by atoms with Gasteiger partial charge in [-0.2, -0.15) is 0 Å². The molecule has 1 fully saturated rings. The molecular formula is C16H21N3O. The van der Waals surface area contributed by atoms with Gasteiger partial charge in [0.25, 0.3) is 0 Å². The molecule has 2 heterocycles. The number of rotatable bonds is 5. The smallest absolute Gasteiger partial charge is 0.133 e. The molecule has 4 nitrogen and oxygen atoms in total. The zero-order chi connectivity index (χ0) is 13.8. The standard InChI is InChI=1S/C16H21N3O/c1-20-14-4-5-15-12(11-14)6-9-18-16(15)19-10-7-13-3-2-8-17-13/h4-6,9,11,13,17H,2-3,7-8,10H2,1H3,(H,18,19). The number of aromatic nitrogens is 1. The fraction of sp³-hybridized carbons (Fsp3) is 0.438. The molecule has 0 bridgehead atoms. The van der Waals surface area contributed by atoms with Gasteiger partial charge in [-0.3, -0.25) is 0 Å². The van der Waals surface area contributed by atoms with E-state index in [1.165, 1.54) is 12.8 Å². The number of pyridine rings is 1. The number of hydrogen-bond acceptors (Lipinski definition) is 4. The van der Waals surface area contributed by atoms with Gasteiger partial charge in [0.05, 0.1) is 7.11 Å². The minimum atomic E-state index is 0.664. The number of fused-ring (bicyclic) bond motifs is 1. The monoisotopic (exact) mass is 271 g/mol. The lowest BCUT2D eigenvalue weighted by molar-refractivity contribution is 0.415. The lowest BCUT2D eigenvalue weighted by Gasteiger charge is -2.12. The van der Waals surface area contributed by atoms with Crippen molar-refractivity contribution in [1.82, 2.24) is 10.3 Å². The first-order valence-electron chi connectivity index (χ1n) is 7.27. The Morgan fingerprint density at radius 3 is 3.15 bits per heavy atom. The Kier molecular flexibility index (Phi) is 4.02. The van der Waals surface area contributed by atoms with Gasteiger partial charge in [-0.1, -0.05) is 0 Å². The number of ether oxygens (including phenoxy) is 1. The van der Waals surface area contributed by atoms with Crippen LogP contribution in [0.1, 0.15) is 19.3 Å². The molecule has 1 aromatic heterocycles. The number of methoxy groups -OCH3 is 1. The minimum absolute atomic E-state index is 0.664. The first-order valence-corrected chi connectivity index (χ1v) is 7.27. The van der Waals surface area contributed by atoms with E-state index in [2.05, 4.69) is 21.7 Å². The van der Waals surface area contributed by atoms with Crippen molar-refractivity contribution in [3.8, 4) is 5.75 Å². The molecule has 1 aromatic carbocycles. The summed E-state index contributed by atoms with van der Waals surface area (Å²) in [5.41, 5.74) is 0. The topological polar surface area (TPSA) is 46.2 Å². The highest BCUT2D eigenvalue weighted by atomic mass is 16.5.